The van der Waals surface area contributed by atoms with E-state index >= 15 is 0 Å². The fraction of sp³-hybridized carbons (Fsp3) is 0.667. The van der Waals surface area contributed by atoms with Crippen LogP contribution in [-0.4, -0.2) is 43.1 Å². The predicted molar refractivity (Wildman–Crippen MR) is 61.8 cm³/mol. The smallest absolute Gasteiger partial charge is 0.297 e. The number of nitrogens with one attached hydrogen (secondary N) is 1. The Balaban J connectivity index is 1.88. The van der Waals surface area contributed by atoms with Crippen LogP contribution in [0.5, 0.6) is 0 Å². The molecule has 1 atom stereocenters. The van der Waals surface area contributed by atoms with Gasteiger partial charge in [-0.15, -0.1) is 31.7 Å². The Morgan fingerprint density at radius 1 is 1.40 bits per heavy atom. The third-order valence-corrected chi connectivity index (χ3v) is 3.84. The lowest BCUT2D eigenvalue weighted by Gasteiger charge is -2.28. The quantitative estimate of drug-likeness (QED) is 0.899. The maximum atomic E-state index is 13.3. The van der Waals surface area contributed by atoms with E-state index in [0.29, 0.717) is 11.4 Å². The van der Waals surface area contributed by atoms with Crippen molar-refractivity contribution in [2.75, 3.05) is 6.54 Å². The minimum atomic E-state index is -4.46. The number of halogens is 3. The molecule has 1 fully saturated rings. The molecule has 0 amide bonds. The fourth-order valence-corrected chi connectivity index (χ4v) is 2.67. The first kappa shape index (κ1) is 13.4. The SMILES string of the molecule is FC(F)(F)C1(c2nnn(Cc3nncs3)n2)CCCN1. The summed E-state index contributed by atoms with van der Waals surface area (Å²) in [5, 5.41) is 21.6. The van der Waals surface area contributed by atoms with Crippen molar-refractivity contribution < 1.29 is 13.2 Å². The van der Waals surface area contributed by atoms with Crippen LogP contribution in [0, 0.1) is 0 Å². The summed E-state index contributed by atoms with van der Waals surface area (Å²) in [4.78, 5) is 1.10. The van der Waals surface area contributed by atoms with Crippen LogP contribution in [0.4, 0.5) is 13.2 Å². The summed E-state index contributed by atoms with van der Waals surface area (Å²) in [5.41, 5.74) is -0.657. The zero-order chi connectivity index (χ0) is 14.2. The van der Waals surface area contributed by atoms with Crippen molar-refractivity contribution in [3.8, 4) is 0 Å². The number of alkyl halides is 3. The average molecular weight is 305 g/mol. The normalized spacial score (nSPS) is 23.4. The predicted octanol–water partition coefficient (Wildman–Crippen LogP) is 0.714. The zero-order valence-corrected chi connectivity index (χ0v) is 10.9. The van der Waals surface area contributed by atoms with Crippen LogP contribution < -0.4 is 5.32 Å². The molecule has 108 valence electrons. The summed E-state index contributed by atoms with van der Waals surface area (Å²) in [6.07, 6.45) is -4.12. The van der Waals surface area contributed by atoms with Gasteiger partial charge in [-0.25, -0.2) is 0 Å². The maximum absolute atomic E-state index is 13.3. The van der Waals surface area contributed by atoms with E-state index in [1.54, 1.807) is 0 Å². The van der Waals surface area contributed by atoms with Crippen LogP contribution in [0.15, 0.2) is 5.51 Å². The molecule has 11 heteroatoms. The second-order valence-corrected chi connectivity index (χ2v) is 5.33. The Kier molecular flexibility index (Phi) is 3.17. The van der Waals surface area contributed by atoms with Crippen LogP contribution in [0.1, 0.15) is 23.7 Å². The minimum Gasteiger partial charge on any atom is -0.297 e. The molecular weight excluding hydrogens is 295 g/mol. The lowest BCUT2D eigenvalue weighted by Crippen LogP contribution is -2.50. The van der Waals surface area contributed by atoms with Gasteiger partial charge in [0, 0.05) is 0 Å². The standard InChI is InChI=1S/C9H10F3N7S/c10-9(11,12)8(2-1-3-13-8)7-16-18-19(17-7)4-6-15-14-5-20-6/h5,13H,1-4H2. The molecule has 3 rings (SSSR count). The van der Waals surface area contributed by atoms with Crippen LogP contribution in [0.2, 0.25) is 0 Å². The Morgan fingerprint density at radius 2 is 2.25 bits per heavy atom. The molecule has 0 aromatic carbocycles. The molecule has 1 N–H and O–H groups in total. The number of rotatable bonds is 3. The summed E-state index contributed by atoms with van der Waals surface area (Å²) >= 11 is 1.28. The molecule has 3 heterocycles. The van der Waals surface area contributed by atoms with Gasteiger partial charge in [-0.2, -0.15) is 18.0 Å². The van der Waals surface area contributed by atoms with E-state index in [1.165, 1.54) is 16.8 Å². The maximum Gasteiger partial charge on any atom is 0.414 e. The molecule has 1 unspecified atom stereocenters. The van der Waals surface area contributed by atoms with Gasteiger partial charge in [0.2, 0.25) is 5.82 Å². The van der Waals surface area contributed by atoms with Crippen LogP contribution in [-0.2, 0) is 12.1 Å². The third kappa shape index (κ3) is 2.16. The highest BCUT2D eigenvalue weighted by Gasteiger charge is 2.60. The third-order valence-electron chi connectivity index (χ3n) is 3.16. The fourth-order valence-electron chi connectivity index (χ4n) is 2.17. The first-order valence-corrected chi connectivity index (χ1v) is 6.74. The van der Waals surface area contributed by atoms with Crippen LogP contribution >= 0.6 is 11.3 Å². The second-order valence-electron chi connectivity index (χ2n) is 4.41. The monoisotopic (exact) mass is 305 g/mol. The van der Waals surface area contributed by atoms with Crippen molar-refractivity contribution in [2.24, 2.45) is 0 Å². The first-order chi connectivity index (χ1) is 9.51. The van der Waals surface area contributed by atoms with Gasteiger partial charge in [0.15, 0.2) is 5.54 Å². The molecule has 2 aromatic rings. The highest BCUT2D eigenvalue weighted by Crippen LogP contribution is 2.43. The van der Waals surface area contributed by atoms with E-state index in [4.69, 9.17) is 0 Å². The van der Waals surface area contributed by atoms with E-state index in [1.807, 2.05) is 0 Å². The highest BCUT2D eigenvalue weighted by molar-refractivity contribution is 7.09. The van der Waals surface area contributed by atoms with E-state index in [0.717, 1.165) is 4.80 Å². The molecule has 0 aliphatic carbocycles. The van der Waals surface area contributed by atoms with Crippen molar-refractivity contribution in [3.63, 3.8) is 0 Å². The molecule has 0 saturated carbocycles. The summed E-state index contributed by atoms with van der Waals surface area (Å²) in [6, 6.07) is 0. The van der Waals surface area contributed by atoms with Gasteiger partial charge < -0.3 is 0 Å². The molecule has 20 heavy (non-hydrogen) atoms. The summed E-state index contributed by atoms with van der Waals surface area (Å²) < 4.78 is 39.9. The largest absolute Gasteiger partial charge is 0.414 e. The summed E-state index contributed by atoms with van der Waals surface area (Å²) in [7, 11) is 0. The number of nitrogens with zero attached hydrogens (tertiary/aromatic N) is 6. The first-order valence-electron chi connectivity index (χ1n) is 5.86. The topological polar surface area (TPSA) is 81.4 Å². The number of hydrogen-bond donors (Lipinski definition) is 1. The van der Waals surface area contributed by atoms with Gasteiger partial charge in [0.05, 0.1) is 0 Å². The molecule has 0 spiro atoms. The molecule has 0 bridgehead atoms. The molecule has 7 nitrogen and oxygen atoms in total. The van der Waals surface area contributed by atoms with Gasteiger partial charge in [-0.05, 0) is 24.6 Å². The van der Waals surface area contributed by atoms with Crippen molar-refractivity contribution >= 4 is 11.3 Å². The molecular formula is C9H10F3N7S. The minimum absolute atomic E-state index is 0.0823. The Morgan fingerprint density at radius 3 is 2.85 bits per heavy atom. The van der Waals surface area contributed by atoms with E-state index < -0.39 is 11.7 Å². The van der Waals surface area contributed by atoms with Crippen molar-refractivity contribution in [2.45, 2.75) is 31.1 Å². The van der Waals surface area contributed by atoms with E-state index in [9.17, 15) is 13.2 Å². The zero-order valence-electron chi connectivity index (χ0n) is 10.1. The highest BCUT2D eigenvalue weighted by atomic mass is 32.1. The van der Waals surface area contributed by atoms with E-state index in [2.05, 4.69) is 30.9 Å². The lowest BCUT2D eigenvalue weighted by atomic mass is 9.96. The number of aromatic nitrogens is 6. The Bertz CT molecular complexity index is 573. The molecule has 1 aliphatic heterocycles. The molecule has 1 aliphatic rings. The van der Waals surface area contributed by atoms with Gasteiger partial charge in [-0.1, -0.05) is 0 Å². The summed E-state index contributed by atoms with van der Waals surface area (Å²) in [5.74, 6) is -0.341. The van der Waals surface area contributed by atoms with Crippen molar-refractivity contribution in [1.82, 2.24) is 35.7 Å². The second kappa shape index (κ2) is 4.74. The van der Waals surface area contributed by atoms with Gasteiger partial charge >= 0.3 is 6.18 Å². The molecule has 2 aromatic heterocycles. The molecule has 1 saturated heterocycles. The van der Waals surface area contributed by atoms with Gasteiger partial charge in [0.1, 0.15) is 17.1 Å². The lowest BCUT2D eigenvalue weighted by molar-refractivity contribution is -0.198. The van der Waals surface area contributed by atoms with Crippen molar-refractivity contribution in [3.05, 3.63) is 16.3 Å². The number of tetrazole rings is 1. The Labute approximate surface area is 115 Å². The van der Waals surface area contributed by atoms with Crippen molar-refractivity contribution in [1.29, 1.82) is 0 Å². The van der Waals surface area contributed by atoms with Gasteiger partial charge in [-0.3, -0.25) is 5.32 Å². The van der Waals surface area contributed by atoms with Crippen LogP contribution in [0.25, 0.3) is 0 Å². The molecule has 0 radical (unpaired) electrons. The number of hydrogen-bond acceptors (Lipinski definition) is 7. The summed E-state index contributed by atoms with van der Waals surface area (Å²) in [6.45, 7) is 0.441. The average Bonchev–Trinajstić information content (AvgIpc) is 3.08. The van der Waals surface area contributed by atoms with Crippen LogP contribution in [0.3, 0.4) is 0 Å². The Hall–Kier alpha value is -1.62. The van der Waals surface area contributed by atoms with Gasteiger partial charge in [0.25, 0.3) is 0 Å². The van der Waals surface area contributed by atoms with E-state index in [-0.39, 0.29) is 25.3 Å².